The Morgan fingerprint density at radius 2 is 2.18 bits per heavy atom. The van der Waals surface area contributed by atoms with E-state index in [1.54, 1.807) is 0 Å². The number of pyridine rings is 1. The molecule has 17 heavy (non-hydrogen) atoms. The largest absolute Gasteiger partial charge is 0.308 e. The minimum absolute atomic E-state index is 0.167. The molecule has 2 aromatic heterocycles. The molecule has 0 amide bonds. The van der Waals surface area contributed by atoms with Crippen LogP contribution in [0.5, 0.6) is 0 Å². The van der Waals surface area contributed by atoms with Crippen LogP contribution in [0.4, 0.5) is 0 Å². The van der Waals surface area contributed by atoms with E-state index >= 15 is 0 Å². The molecule has 1 unspecified atom stereocenters. The van der Waals surface area contributed by atoms with Crippen molar-refractivity contribution in [2.45, 2.75) is 26.4 Å². The Balaban J connectivity index is 2.44. The minimum atomic E-state index is 0.167. The second-order valence-electron chi connectivity index (χ2n) is 4.03. The van der Waals surface area contributed by atoms with E-state index < -0.39 is 0 Å². The second-order valence-corrected chi connectivity index (χ2v) is 4.03. The fourth-order valence-corrected chi connectivity index (χ4v) is 2.12. The molecule has 2 rings (SSSR count). The standard InChI is InChI=1S/C13H18N4/c1-4-17-12(6-8-16-17)13(14-3)11-5-7-15-9-10(11)2/h5-9,13-14H,4H2,1-3H3. The average molecular weight is 230 g/mol. The highest BCUT2D eigenvalue weighted by Gasteiger charge is 2.17. The number of hydrogen-bond acceptors (Lipinski definition) is 3. The fourth-order valence-electron chi connectivity index (χ4n) is 2.12. The molecule has 4 nitrogen and oxygen atoms in total. The van der Waals surface area contributed by atoms with E-state index in [1.165, 1.54) is 16.8 Å². The molecule has 0 aliphatic carbocycles. The van der Waals surface area contributed by atoms with Crippen LogP contribution in [0.2, 0.25) is 0 Å². The van der Waals surface area contributed by atoms with Gasteiger partial charge in [-0.25, -0.2) is 0 Å². The van der Waals surface area contributed by atoms with Gasteiger partial charge in [0.25, 0.3) is 0 Å². The van der Waals surface area contributed by atoms with Crippen molar-refractivity contribution in [2.75, 3.05) is 7.05 Å². The van der Waals surface area contributed by atoms with E-state index in [4.69, 9.17) is 0 Å². The van der Waals surface area contributed by atoms with Crippen LogP contribution in [0.25, 0.3) is 0 Å². The first-order valence-electron chi connectivity index (χ1n) is 5.87. The smallest absolute Gasteiger partial charge is 0.0749 e. The summed E-state index contributed by atoms with van der Waals surface area (Å²) in [6.07, 6.45) is 5.57. The second kappa shape index (κ2) is 5.10. The molecule has 1 N–H and O–H groups in total. The maximum Gasteiger partial charge on any atom is 0.0749 e. The Morgan fingerprint density at radius 1 is 1.35 bits per heavy atom. The topological polar surface area (TPSA) is 42.7 Å². The maximum atomic E-state index is 4.32. The summed E-state index contributed by atoms with van der Waals surface area (Å²) in [6.45, 7) is 5.06. The van der Waals surface area contributed by atoms with Crippen molar-refractivity contribution in [3.63, 3.8) is 0 Å². The van der Waals surface area contributed by atoms with Gasteiger partial charge in [-0.3, -0.25) is 9.67 Å². The first-order chi connectivity index (χ1) is 8.27. The number of rotatable bonds is 4. The molecule has 2 heterocycles. The summed E-state index contributed by atoms with van der Waals surface area (Å²) in [5, 5.41) is 7.67. The van der Waals surface area contributed by atoms with E-state index in [1.807, 2.05) is 30.3 Å². The van der Waals surface area contributed by atoms with E-state index in [0.717, 1.165) is 6.54 Å². The molecule has 0 radical (unpaired) electrons. The molecular weight excluding hydrogens is 212 g/mol. The van der Waals surface area contributed by atoms with Crippen LogP contribution in [0.3, 0.4) is 0 Å². The van der Waals surface area contributed by atoms with Crippen molar-refractivity contribution in [2.24, 2.45) is 0 Å². The normalized spacial score (nSPS) is 12.6. The summed E-state index contributed by atoms with van der Waals surface area (Å²) in [5.41, 5.74) is 3.62. The Hall–Kier alpha value is -1.68. The summed E-state index contributed by atoms with van der Waals surface area (Å²) in [7, 11) is 1.97. The van der Waals surface area contributed by atoms with Crippen molar-refractivity contribution in [1.82, 2.24) is 20.1 Å². The number of nitrogens with zero attached hydrogens (tertiary/aromatic N) is 3. The van der Waals surface area contributed by atoms with Crippen molar-refractivity contribution in [3.05, 3.63) is 47.5 Å². The van der Waals surface area contributed by atoms with Crippen LogP contribution < -0.4 is 5.32 Å². The zero-order valence-corrected chi connectivity index (χ0v) is 10.5. The number of nitrogens with one attached hydrogen (secondary N) is 1. The number of hydrogen-bond donors (Lipinski definition) is 1. The van der Waals surface area contributed by atoms with Crippen LogP contribution in [0, 0.1) is 6.92 Å². The Labute approximate surface area is 102 Å². The summed E-state index contributed by atoms with van der Waals surface area (Å²) in [5.74, 6) is 0. The highest BCUT2D eigenvalue weighted by atomic mass is 15.3. The van der Waals surface area contributed by atoms with Gasteiger partial charge in [0.15, 0.2) is 0 Å². The first-order valence-corrected chi connectivity index (χ1v) is 5.87. The Morgan fingerprint density at radius 3 is 2.82 bits per heavy atom. The number of aryl methyl sites for hydroxylation is 2. The van der Waals surface area contributed by atoms with Gasteiger partial charge in [0.05, 0.1) is 11.7 Å². The van der Waals surface area contributed by atoms with Gasteiger partial charge < -0.3 is 5.32 Å². The molecule has 2 aromatic rings. The lowest BCUT2D eigenvalue weighted by Gasteiger charge is -2.19. The van der Waals surface area contributed by atoms with Crippen LogP contribution in [0.1, 0.15) is 29.8 Å². The van der Waals surface area contributed by atoms with Crippen LogP contribution >= 0.6 is 0 Å². The number of aromatic nitrogens is 3. The highest BCUT2D eigenvalue weighted by molar-refractivity contribution is 5.31. The predicted molar refractivity (Wildman–Crippen MR) is 67.8 cm³/mol. The van der Waals surface area contributed by atoms with Gasteiger partial charge >= 0.3 is 0 Å². The van der Waals surface area contributed by atoms with Gasteiger partial charge in [-0.1, -0.05) is 0 Å². The molecule has 4 heteroatoms. The lowest BCUT2D eigenvalue weighted by atomic mass is 10.0. The molecule has 0 aliphatic heterocycles. The Kier molecular flexibility index (Phi) is 3.54. The van der Waals surface area contributed by atoms with E-state index in [-0.39, 0.29) is 6.04 Å². The average Bonchev–Trinajstić information content (AvgIpc) is 2.81. The summed E-state index contributed by atoms with van der Waals surface area (Å²) in [4.78, 5) is 4.14. The third kappa shape index (κ3) is 2.22. The molecule has 0 bridgehead atoms. The third-order valence-electron chi connectivity index (χ3n) is 3.01. The predicted octanol–water partition coefficient (Wildman–Crippen LogP) is 1.92. The molecule has 0 saturated carbocycles. The van der Waals surface area contributed by atoms with Crippen LogP contribution in [-0.4, -0.2) is 21.8 Å². The van der Waals surface area contributed by atoms with Crippen LogP contribution in [-0.2, 0) is 6.54 Å². The fraction of sp³-hybridized carbons (Fsp3) is 0.385. The maximum absolute atomic E-state index is 4.32. The van der Waals surface area contributed by atoms with Crippen molar-refractivity contribution in [1.29, 1.82) is 0 Å². The SMILES string of the molecule is CCn1nccc1C(NC)c1ccncc1C. The molecule has 0 aliphatic rings. The van der Waals surface area contributed by atoms with Crippen molar-refractivity contribution in [3.8, 4) is 0 Å². The van der Waals surface area contributed by atoms with Gasteiger partial charge in [-0.05, 0) is 44.2 Å². The third-order valence-corrected chi connectivity index (χ3v) is 3.01. The highest BCUT2D eigenvalue weighted by Crippen LogP contribution is 2.23. The van der Waals surface area contributed by atoms with E-state index in [0.29, 0.717) is 0 Å². The van der Waals surface area contributed by atoms with Crippen LogP contribution in [0.15, 0.2) is 30.7 Å². The molecule has 90 valence electrons. The van der Waals surface area contributed by atoms with Crippen molar-refractivity contribution < 1.29 is 0 Å². The molecular formula is C13H18N4. The van der Waals surface area contributed by atoms with Gasteiger partial charge in [-0.2, -0.15) is 5.10 Å². The van der Waals surface area contributed by atoms with Gasteiger partial charge in [0, 0.05) is 25.1 Å². The minimum Gasteiger partial charge on any atom is -0.308 e. The zero-order chi connectivity index (χ0) is 12.3. The monoisotopic (exact) mass is 230 g/mol. The lowest BCUT2D eigenvalue weighted by molar-refractivity contribution is 0.561. The molecule has 0 aromatic carbocycles. The zero-order valence-electron chi connectivity index (χ0n) is 10.5. The van der Waals surface area contributed by atoms with Gasteiger partial charge in [0.1, 0.15) is 0 Å². The molecule has 1 atom stereocenters. The summed E-state index contributed by atoms with van der Waals surface area (Å²) >= 11 is 0. The van der Waals surface area contributed by atoms with E-state index in [9.17, 15) is 0 Å². The van der Waals surface area contributed by atoms with Gasteiger partial charge in [-0.15, -0.1) is 0 Å². The van der Waals surface area contributed by atoms with Gasteiger partial charge in [0.2, 0.25) is 0 Å². The Bertz CT molecular complexity index is 490. The lowest BCUT2D eigenvalue weighted by Crippen LogP contribution is -2.22. The first kappa shape index (κ1) is 11.8. The summed E-state index contributed by atoms with van der Waals surface area (Å²) < 4.78 is 2.01. The summed E-state index contributed by atoms with van der Waals surface area (Å²) in [6, 6.07) is 4.29. The van der Waals surface area contributed by atoms with E-state index in [2.05, 4.69) is 41.4 Å². The molecule has 0 spiro atoms. The quantitative estimate of drug-likeness (QED) is 0.872. The molecule has 0 fully saturated rings. The van der Waals surface area contributed by atoms with Crippen molar-refractivity contribution >= 4 is 0 Å². The molecule has 0 saturated heterocycles.